The number of hydrogen-bond donors (Lipinski definition) is 1. The average Bonchev–Trinajstić information content (AvgIpc) is 2.81. The zero-order chi connectivity index (χ0) is 19.2. The van der Waals surface area contributed by atoms with Gasteiger partial charge >= 0.3 is 0 Å². The number of rotatable bonds is 3. The van der Waals surface area contributed by atoms with Crippen LogP contribution in [0.3, 0.4) is 0 Å². The molecule has 26 heavy (non-hydrogen) atoms. The van der Waals surface area contributed by atoms with Crippen molar-refractivity contribution in [2.75, 3.05) is 5.32 Å². The molecule has 2 aromatic carbocycles. The topological polar surface area (TPSA) is 66.5 Å². The minimum absolute atomic E-state index is 0.105. The van der Waals surface area contributed by atoms with Gasteiger partial charge < -0.3 is 5.32 Å². The minimum Gasteiger partial charge on any atom is -0.323 e. The van der Waals surface area contributed by atoms with Crippen LogP contribution in [-0.4, -0.2) is 28.7 Å². The van der Waals surface area contributed by atoms with Crippen LogP contribution in [0.1, 0.15) is 27.6 Å². The lowest BCUT2D eigenvalue weighted by Crippen LogP contribution is -2.45. The third-order valence-electron chi connectivity index (χ3n) is 3.91. The molecule has 5 nitrogen and oxygen atoms in total. The van der Waals surface area contributed by atoms with Crippen LogP contribution in [0.4, 0.5) is 5.69 Å². The highest BCUT2D eigenvalue weighted by Gasteiger charge is 2.41. The summed E-state index contributed by atoms with van der Waals surface area (Å²) in [7, 11) is 0. The highest BCUT2D eigenvalue weighted by atomic mass is 35.5. The number of nitrogens with one attached hydrogen (secondary N) is 1. The first kappa shape index (κ1) is 19.0. The van der Waals surface area contributed by atoms with Crippen LogP contribution >= 0.6 is 46.4 Å². The van der Waals surface area contributed by atoms with Gasteiger partial charge in [0.2, 0.25) is 5.91 Å². The van der Waals surface area contributed by atoms with E-state index in [4.69, 9.17) is 46.4 Å². The van der Waals surface area contributed by atoms with E-state index in [1.54, 1.807) is 6.07 Å². The Kier molecular flexibility index (Phi) is 5.17. The molecule has 1 atom stereocenters. The summed E-state index contributed by atoms with van der Waals surface area (Å²) < 4.78 is 0. The van der Waals surface area contributed by atoms with E-state index in [0.717, 1.165) is 4.90 Å². The Balaban J connectivity index is 1.86. The average molecular weight is 432 g/mol. The Morgan fingerprint density at radius 1 is 0.923 bits per heavy atom. The second-order valence-electron chi connectivity index (χ2n) is 5.58. The number of fused-ring (bicyclic) bond motifs is 1. The molecule has 3 amide bonds. The van der Waals surface area contributed by atoms with Crippen LogP contribution in [0.5, 0.6) is 0 Å². The number of amides is 3. The molecular weight excluding hydrogens is 422 g/mol. The zero-order valence-electron chi connectivity index (χ0n) is 13.1. The second-order valence-corrected chi connectivity index (χ2v) is 7.24. The van der Waals surface area contributed by atoms with Gasteiger partial charge in [0.15, 0.2) is 0 Å². The molecule has 3 rings (SSSR count). The third kappa shape index (κ3) is 3.28. The molecule has 0 spiro atoms. The minimum atomic E-state index is -1.08. The fourth-order valence-corrected chi connectivity index (χ4v) is 3.33. The summed E-state index contributed by atoms with van der Waals surface area (Å²) in [6.45, 7) is 1.43. The maximum absolute atomic E-state index is 12.6. The lowest BCUT2D eigenvalue weighted by molar-refractivity contribution is -0.119. The Bertz CT molecular complexity index is 920. The molecule has 9 heteroatoms. The van der Waals surface area contributed by atoms with Crippen molar-refractivity contribution in [3.05, 3.63) is 61.5 Å². The zero-order valence-corrected chi connectivity index (χ0v) is 16.2. The largest absolute Gasteiger partial charge is 0.323 e. The van der Waals surface area contributed by atoms with Crippen molar-refractivity contribution in [3.8, 4) is 0 Å². The molecule has 0 aliphatic carbocycles. The Morgan fingerprint density at radius 3 is 1.96 bits per heavy atom. The predicted molar refractivity (Wildman–Crippen MR) is 102 cm³/mol. The van der Waals surface area contributed by atoms with E-state index in [-0.39, 0.29) is 26.2 Å². The van der Waals surface area contributed by atoms with Gasteiger partial charge in [0.1, 0.15) is 6.04 Å². The van der Waals surface area contributed by atoms with Gasteiger partial charge in [-0.15, -0.1) is 0 Å². The van der Waals surface area contributed by atoms with Gasteiger partial charge in [0.25, 0.3) is 11.8 Å². The van der Waals surface area contributed by atoms with Crippen molar-refractivity contribution < 1.29 is 14.4 Å². The molecule has 0 saturated carbocycles. The molecule has 2 aromatic rings. The van der Waals surface area contributed by atoms with Crippen LogP contribution < -0.4 is 5.32 Å². The number of imide groups is 1. The van der Waals surface area contributed by atoms with Crippen LogP contribution in [0, 0.1) is 0 Å². The van der Waals surface area contributed by atoms with Crippen LogP contribution in [0.15, 0.2) is 30.3 Å². The normalized spacial score (nSPS) is 14.4. The molecule has 1 aliphatic rings. The fraction of sp³-hybridized carbons (Fsp3) is 0.118. The lowest BCUT2D eigenvalue weighted by Gasteiger charge is -2.22. The number of hydrogen-bond acceptors (Lipinski definition) is 3. The van der Waals surface area contributed by atoms with E-state index in [1.165, 1.54) is 31.2 Å². The number of carbonyl (C=O) groups is 3. The number of benzene rings is 2. The van der Waals surface area contributed by atoms with Gasteiger partial charge in [-0.05, 0) is 37.3 Å². The lowest BCUT2D eigenvalue weighted by atomic mass is 10.1. The van der Waals surface area contributed by atoms with Crippen molar-refractivity contribution in [1.29, 1.82) is 0 Å². The van der Waals surface area contributed by atoms with Crippen LogP contribution in [0.25, 0.3) is 0 Å². The standard InChI is InChI=1S/C17H10Cl4N2O3/c1-7(15(24)22-14-3-2-8(18)4-13(14)21)23-16(25)9-5-11(19)12(20)6-10(9)17(23)26/h2-7H,1H3,(H,22,24)/t7-/m0/s1. The molecule has 1 heterocycles. The van der Waals surface area contributed by atoms with Gasteiger partial charge in [-0.2, -0.15) is 0 Å². The quantitative estimate of drug-likeness (QED) is 0.701. The second kappa shape index (κ2) is 7.08. The Hall–Kier alpha value is -1.79. The SMILES string of the molecule is C[C@@H](C(=O)Nc1ccc(Cl)cc1Cl)N1C(=O)c2cc(Cl)c(Cl)cc2C1=O. The smallest absolute Gasteiger partial charge is 0.262 e. The number of halogens is 4. The predicted octanol–water partition coefficient (Wildman–Crippen LogP) is 4.92. The van der Waals surface area contributed by atoms with Crippen molar-refractivity contribution in [2.24, 2.45) is 0 Å². The highest BCUT2D eigenvalue weighted by Crippen LogP contribution is 2.33. The Morgan fingerprint density at radius 2 is 1.46 bits per heavy atom. The fourth-order valence-electron chi connectivity index (χ4n) is 2.55. The highest BCUT2D eigenvalue weighted by molar-refractivity contribution is 6.43. The molecule has 0 radical (unpaired) electrons. The number of anilines is 1. The summed E-state index contributed by atoms with van der Waals surface area (Å²) in [6, 6.07) is 6.11. The van der Waals surface area contributed by atoms with Crippen molar-refractivity contribution in [2.45, 2.75) is 13.0 Å². The molecule has 134 valence electrons. The van der Waals surface area contributed by atoms with Gasteiger partial charge in [0, 0.05) is 5.02 Å². The summed E-state index contributed by atoms with van der Waals surface area (Å²) >= 11 is 23.7. The van der Waals surface area contributed by atoms with Gasteiger partial charge in [-0.25, -0.2) is 0 Å². The summed E-state index contributed by atoms with van der Waals surface area (Å²) in [5.74, 6) is -1.82. The first-order valence-corrected chi connectivity index (χ1v) is 8.84. The first-order chi connectivity index (χ1) is 12.2. The maximum Gasteiger partial charge on any atom is 0.262 e. The monoisotopic (exact) mass is 430 g/mol. The molecule has 1 aliphatic heterocycles. The van der Waals surface area contributed by atoms with Crippen LogP contribution in [-0.2, 0) is 4.79 Å². The van der Waals surface area contributed by atoms with Gasteiger partial charge in [-0.1, -0.05) is 46.4 Å². The number of carbonyl (C=O) groups excluding carboxylic acids is 3. The molecular formula is C17H10Cl4N2O3. The van der Waals surface area contributed by atoms with E-state index < -0.39 is 23.8 Å². The third-order valence-corrected chi connectivity index (χ3v) is 5.18. The van der Waals surface area contributed by atoms with E-state index >= 15 is 0 Å². The molecule has 0 aromatic heterocycles. The molecule has 0 fully saturated rings. The van der Waals surface area contributed by atoms with Crippen molar-refractivity contribution in [3.63, 3.8) is 0 Å². The summed E-state index contributed by atoms with van der Waals surface area (Å²) in [5, 5.41) is 3.53. The molecule has 0 bridgehead atoms. The Labute approximate surface area is 168 Å². The molecule has 1 N–H and O–H groups in total. The van der Waals surface area contributed by atoms with E-state index in [0.29, 0.717) is 10.7 Å². The summed E-state index contributed by atoms with van der Waals surface area (Å²) in [6.07, 6.45) is 0. The van der Waals surface area contributed by atoms with E-state index in [9.17, 15) is 14.4 Å². The van der Waals surface area contributed by atoms with E-state index in [1.807, 2.05) is 0 Å². The molecule has 0 unspecified atom stereocenters. The van der Waals surface area contributed by atoms with E-state index in [2.05, 4.69) is 5.32 Å². The first-order valence-electron chi connectivity index (χ1n) is 7.33. The molecule has 0 saturated heterocycles. The summed E-state index contributed by atoms with van der Waals surface area (Å²) in [5.41, 5.74) is 0.526. The van der Waals surface area contributed by atoms with Gasteiger partial charge in [-0.3, -0.25) is 19.3 Å². The summed E-state index contributed by atoms with van der Waals surface area (Å²) in [4.78, 5) is 38.5. The van der Waals surface area contributed by atoms with Gasteiger partial charge in [0.05, 0.1) is 31.9 Å². The number of nitrogens with zero attached hydrogens (tertiary/aromatic N) is 1. The van der Waals surface area contributed by atoms with Crippen molar-refractivity contribution >= 4 is 69.8 Å². The van der Waals surface area contributed by atoms with Crippen LogP contribution in [0.2, 0.25) is 20.1 Å². The maximum atomic E-state index is 12.6. The van der Waals surface area contributed by atoms with Crippen molar-refractivity contribution in [1.82, 2.24) is 4.90 Å².